The van der Waals surface area contributed by atoms with Crippen molar-refractivity contribution in [3.8, 4) is 0 Å². The van der Waals surface area contributed by atoms with Gasteiger partial charge in [0, 0.05) is 19.3 Å². The third-order valence-electron chi connectivity index (χ3n) is 2.40. The van der Waals surface area contributed by atoms with Gasteiger partial charge < -0.3 is 15.4 Å². The van der Waals surface area contributed by atoms with Crippen molar-refractivity contribution in [2.24, 2.45) is 0 Å². The lowest BCUT2D eigenvalue weighted by Crippen LogP contribution is -2.31. The van der Waals surface area contributed by atoms with E-state index >= 15 is 0 Å². The van der Waals surface area contributed by atoms with Gasteiger partial charge in [-0.15, -0.1) is 0 Å². The van der Waals surface area contributed by atoms with Crippen LogP contribution in [0, 0.1) is 6.92 Å². The summed E-state index contributed by atoms with van der Waals surface area (Å²) in [5.74, 6) is 0. The summed E-state index contributed by atoms with van der Waals surface area (Å²) < 4.78 is 42.4. The number of halogens is 3. The molecule has 0 bridgehead atoms. The molecule has 1 aromatic rings. The Kier molecular flexibility index (Phi) is 5.17. The predicted molar refractivity (Wildman–Crippen MR) is 65.1 cm³/mol. The normalized spacial score (nSPS) is 11.2. The summed E-state index contributed by atoms with van der Waals surface area (Å²) in [6.45, 7) is 2.22. The molecular weight excluding hydrogens is 261 g/mol. The van der Waals surface area contributed by atoms with E-state index in [2.05, 4.69) is 10.6 Å². The zero-order valence-electron chi connectivity index (χ0n) is 10.6. The standard InChI is InChI=1S/C12H15F3N2O2/c1-8-3-4-9(12(13,14)15)7-10(8)17-11(18)16-5-6-19-2/h3-4,7H,5-6H2,1-2H3,(H2,16,17,18). The highest BCUT2D eigenvalue weighted by Gasteiger charge is 2.30. The molecule has 106 valence electrons. The van der Waals surface area contributed by atoms with Crippen LogP contribution in [-0.2, 0) is 10.9 Å². The Morgan fingerprint density at radius 3 is 2.63 bits per heavy atom. The lowest BCUT2D eigenvalue weighted by Gasteiger charge is -2.13. The molecule has 1 aromatic carbocycles. The summed E-state index contributed by atoms with van der Waals surface area (Å²) in [7, 11) is 1.48. The largest absolute Gasteiger partial charge is 0.416 e. The average molecular weight is 276 g/mol. The second-order valence-electron chi connectivity index (χ2n) is 3.90. The Labute approximate surface area is 108 Å². The van der Waals surface area contributed by atoms with Crippen molar-refractivity contribution < 1.29 is 22.7 Å². The maximum absolute atomic E-state index is 12.5. The van der Waals surface area contributed by atoms with E-state index in [0.29, 0.717) is 12.2 Å². The molecule has 0 unspecified atom stereocenters. The number of hydrogen-bond donors (Lipinski definition) is 2. The number of methoxy groups -OCH3 is 1. The quantitative estimate of drug-likeness (QED) is 0.831. The molecule has 0 saturated heterocycles. The fourth-order valence-electron chi connectivity index (χ4n) is 1.37. The van der Waals surface area contributed by atoms with Crippen LogP contribution in [0.4, 0.5) is 23.7 Å². The Balaban J connectivity index is 2.74. The van der Waals surface area contributed by atoms with Crippen LogP contribution < -0.4 is 10.6 Å². The number of anilines is 1. The van der Waals surface area contributed by atoms with E-state index in [1.165, 1.54) is 13.2 Å². The molecule has 0 fully saturated rings. The number of carbonyl (C=O) groups is 1. The van der Waals surface area contributed by atoms with Crippen LogP contribution in [0.1, 0.15) is 11.1 Å². The van der Waals surface area contributed by atoms with Crippen LogP contribution in [0.15, 0.2) is 18.2 Å². The van der Waals surface area contributed by atoms with Gasteiger partial charge in [0.15, 0.2) is 0 Å². The number of urea groups is 1. The van der Waals surface area contributed by atoms with E-state index in [1.54, 1.807) is 6.92 Å². The first-order valence-corrected chi connectivity index (χ1v) is 5.56. The van der Waals surface area contributed by atoms with Crippen LogP contribution in [0.5, 0.6) is 0 Å². The molecule has 0 atom stereocenters. The summed E-state index contributed by atoms with van der Waals surface area (Å²) in [6.07, 6.45) is -4.43. The number of benzene rings is 1. The van der Waals surface area contributed by atoms with Gasteiger partial charge in [-0.3, -0.25) is 0 Å². The molecule has 0 saturated carbocycles. The molecule has 19 heavy (non-hydrogen) atoms. The number of aryl methyl sites for hydroxylation is 1. The summed E-state index contributed by atoms with van der Waals surface area (Å²) in [5, 5.41) is 4.84. The van der Waals surface area contributed by atoms with E-state index in [-0.39, 0.29) is 12.2 Å². The Morgan fingerprint density at radius 1 is 1.37 bits per heavy atom. The Morgan fingerprint density at radius 2 is 2.05 bits per heavy atom. The van der Waals surface area contributed by atoms with E-state index in [1.807, 2.05) is 0 Å². The van der Waals surface area contributed by atoms with E-state index in [4.69, 9.17) is 4.74 Å². The molecule has 7 heteroatoms. The van der Waals surface area contributed by atoms with Gasteiger partial charge in [0.1, 0.15) is 0 Å². The van der Waals surface area contributed by atoms with Crippen molar-refractivity contribution in [1.82, 2.24) is 5.32 Å². The molecule has 0 aliphatic rings. The van der Waals surface area contributed by atoms with Gasteiger partial charge in [0.05, 0.1) is 12.2 Å². The monoisotopic (exact) mass is 276 g/mol. The van der Waals surface area contributed by atoms with Crippen LogP contribution >= 0.6 is 0 Å². The number of ether oxygens (including phenoxy) is 1. The first-order chi connectivity index (χ1) is 8.84. The van der Waals surface area contributed by atoms with Crippen LogP contribution in [0.2, 0.25) is 0 Å². The van der Waals surface area contributed by atoms with Crippen molar-refractivity contribution >= 4 is 11.7 Å². The minimum atomic E-state index is -4.43. The van der Waals surface area contributed by atoms with Crippen molar-refractivity contribution in [3.05, 3.63) is 29.3 Å². The smallest absolute Gasteiger partial charge is 0.383 e. The number of hydrogen-bond acceptors (Lipinski definition) is 2. The molecule has 2 N–H and O–H groups in total. The average Bonchev–Trinajstić information content (AvgIpc) is 2.31. The number of amides is 2. The lowest BCUT2D eigenvalue weighted by molar-refractivity contribution is -0.137. The van der Waals surface area contributed by atoms with Gasteiger partial charge in [-0.25, -0.2) is 4.79 Å². The van der Waals surface area contributed by atoms with Crippen molar-refractivity contribution in [2.75, 3.05) is 25.6 Å². The van der Waals surface area contributed by atoms with Crippen LogP contribution in [-0.4, -0.2) is 26.3 Å². The van der Waals surface area contributed by atoms with Gasteiger partial charge in [-0.2, -0.15) is 13.2 Å². The first-order valence-electron chi connectivity index (χ1n) is 5.56. The number of carbonyl (C=O) groups excluding carboxylic acids is 1. The molecular formula is C12H15F3N2O2. The minimum Gasteiger partial charge on any atom is -0.383 e. The molecule has 0 aliphatic heterocycles. The van der Waals surface area contributed by atoms with E-state index in [0.717, 1.165) is 12.1 Å². The summed E-state index contributed by atoms with van der Waals surface area (Å²) in [6, 6.07) is 2.63. The fraction of sp³-hybridized carbons (Fsp3) is 0.417. The number of nitrogens with one attached hydrogen (secondary N) is 2. The summed E-state index contributed by atoms with van der Waals surface area (Å²) in [4.78, 5) is 11.4. The maximum Gasteiger partial charge on any atom is 0.416 e. The lowest BCUT2D eigenvalue weighted by atomic mass is 10.1. The third-order valence-corrected chi connectivity index (χ3v) is 2.40. The highest BCUT2D eigenvalue weighted by atomic mass is 19.4. The number of rotatable bonds is 4. The highest BCUT2D eigenvalue weighted by molar-refractivity contribution is 5.90. The predicted octanol–water partition coefficient (Wildman–Crippen LogP) is 2.78. The molecule has 1 rings (SSSR count). The first kappa shape index (κ1) is 15.3. The topological polar surface area (TPSA) is 50.4 Å². The summed E-state index contributed by atoms with van der Waals surface area (Å²) in [5.41, 5.74) is -0.120. The van der Waals surface area contributed by atoms with Crippen molar-refractivity contribution in [3.63, 3.8) is 0 Å². The van der Waals surface area contributed by atoms with Gasteiger partial charge in [-0.05, 0) is 24.6 Å². The maximum atomic E-state index is 12.5. The molecule has 2 amide bonds. The minimum absolute atomic E-state index is 0.129. The molecule has 0 radical (unpaired) electrons. The molecule has 0 aromatic heterocycles. The Hall–Kier alpha value is -1.76. The second kappa shape index (κ2) is 6.42. The zero-order chi connectivity index (χ0) is 14.5. The van der Waals surface area contributed by atoms with E-state index in [9.17, 15) is 18.0 Å². The number of alkyl halides is 3. The molecule has 4 nitrogen and oxygen atoms in total. The SMILES string of the molecule is COCCNC(=O)Nc1cc(C(F)(F)F)ccc1C. The van der Waals surface area contributed by atoms with Gasteiger partial charge >= 0.3 is 12.2 Å². The molecule has 0 heterocycles. The van der Waals surface area contributed by atoms with Crippen molar-refractivity contribution in [2.45, 2.75) is 13.1 Å². The van der Waals surface area contributed by atoms with E-state index < -0.39 is 17.8 Å². The third kappa shape index (κ3) is 4.78. The molecule has 0 aliphatic carbocycles. The summed E-state index contributed by atoms with van der Waals surface area (Å²) >= 11 is 0. The highest BCUT2D eigenvalue weighted by Crippen LogP contribution is 2.31. The van der Waals surface area contributed by atoms with Crippen LogP contribution in [0.3, 0.4) is 0 Å². The fourth-order valence-corrected chi connectivity index (χ4v) is 1.37. The van der Waals surface area contributed by atoms with Gasteiger partial charge in [0.2, 0.25) is 0 Å². The van der Waals surface area contributed by atoms with Crippen LogP contribution in [0.25, 0.3) is 0 Å². The second-order valence-corrected chi connectivity index (χ2v) is 3.90. The van der Waals surface area contributed by atoms with Gasteiger partial charge in [-0.1, -0.05) is 6.07 Å². The zero-order valence-corrected chi connectivity index (χ0v) is 10.6. The van der Waals surface area contributed by atoms with Crippen molar-refractivity contribution in [1.29, 1.82) is 0 Å². The Bertz CT molecular complexity index is 447. The molecule has 0 spiro atoms. The van der Waals surface area contributed by atoms with Gasteiger partial charge in [0.25, 0.3) is 0 Å².